The number of carbonyl (C=O) groups is 3. The topological polar surface area (TPSA) is 97.4 Å². The molecular formula is C18H19N3O4S2. The van der Waals surface area contributed by atoms with Crippen molar-refractivity contribution in [2.45, 2.75) is 17.0 Å². The summed E-state index contributed by atoms with van der Waals surface area (Å²) in [6.07, 6.45) is 1.48. The highest BCUT2D eigenvalue weighted by Crippen LogP contribution is 2.27. The summed E-state index contributed by atoms with van der Waals surface area (Å²) in [5.41, 5.74) is 2.12. The van der Waals surface area contributed by atoms with E-state index in [-0.39, 0.29) is 6.54 Å². The number of thiazole rings is 1. The summed E-state index contributed by atoms with van der Waals surface area (Å²) in [6.45, 7) is 5.05. The van der Waals surface area contributed by atoms with Crippen LogP contribution in [0.15, 0.2) is 46.6 Å². The SMILES string of the molecule is C=CCNC(=O)NC(=O)COC(=O)c1ccccc1CSc1nc(C)cs1. The van der Waals surface area contributed by atoms with E-state index < -0.39 is 24.5 Å². The molecule has 0 unspecified atom stereocenters. The lowest BCUT2D eigenvalue weighted by molar-refractivity contribution is -0.123. The zero-order valence-electron chi connectivity index (χ0n) is 14.7. The highest BCUT2D eigenvalue weighted by molar-refractivity contribution is 8.00. The number of benzene rings is 1. The number of thioether (sulfide) groups is 1. The molecule has 0 aliphatic rings. The highest BCUT2D eigenvalue weighted by atomic mass is 32.2. The predicted octanol–water partition coefficient (Wildman–Crippen LogP) is 2.91. The summed E-state index contributed by atoms with van der Waals surface area (Å²) in [6, 6.07) is 6.34. The first kappa shape index (κ1) is 20.7. The van der Waals surface area contributed by atoms with Crippen LogP contribution in [0.4, 0.5) is 4.79 Å². The molecule has 1 aromatic carbocycles. The molecule has 2 aromatic rings. The summed E-state index contributed by atoms with van der Waals surface area (Å²) in [5.74, 6) is -0.785. The van der Waals surface area contributed by atoms with Crippen molar-refractivity contribution in [1.29, 1.82) is 0 Å². The van der Waals surface area contributed by atoms with Crippen LogP contribution < -0.4 is 10.6 Å². The standard InChI is InChI=1S/C18H19N3O4S2/c1-3-8-19-17(24)21-15(22)9-25-16(23)14-7-5-4-6-13(14)11-27-18-20-12(2)10-26-18/h3-7,10H,1,8-9,11H2,2H3,(H2,19,21,22,24). The van der Waals surface area contributed by atoms with Gasteiger partial charge in [0.05, 0.1) is 5.56 Å². The minimum atomic E-state index is -0.713. The van der Waals surface area contributed by atoms with Gasteiger partial charge in [0.2, 0.25) is 0 Å². The van der Waals surface area contributed by atoms with E-state index in [2.05, 4.69) is 22.2 Å². The van der Waals surface area contributed by atoms with E-state index in [9.17, 15) is 14.4 Å². The summed E-state index contributed by atoms with van der Waals surface area (Å²) in [5, 5.41) is 6.41. The van der Waals surface area contributed by atoms with Gasteiger partial charge in [0.15, 0.2) is 6.61 Å². The molecule has 0 bridgehead atoms. The van der Waals surface area contributed by atoms with Crippen LogP contribution >= 0.6 is 23.1 Å². The third-order valence-corrected chi connectivity index (χ3v) is 5.37. The first-order chi connectivity index (χ1) is 13.0. The second kappa shape index (κ2) is 10.5. The zero-order chi connectivity index (χ0) is 19.6. The monoisotopic (exact) mass is 405 g/mol. The van der Waals surface area contributed by atoms with Gasteiger partial charge < -0.3 is 10.1 Å². The molecule has 9 heteroatoms. The number of imide groups is 1. The maximum atomic E-state index is 12.3. The van der Waals surface area contributed by atoms with Crippen LogP contribution in [0, 0.1) is 6.92 Å². The second-order valence-corrected chi connectivity index (χ2v) is 7.40. The molecule has 2 N–H and O–H groups in total. The molecule has 0 spiro atoms. The number of esters is 1. The van der Waals surface area contributed by atoms with Crippen molar-refractivity contribution in [2.24, 2.45) is 0 Å². The maximum absolute atomic E-state index is 12.3. The molecule has 0 fully saturated rings. The Morgan fingerprint density at radius 3 is 2.81 bits per heavy atom. The Bertz CT molecular complexity index is 836. The Morgan fingerprint density at radius 2 is 2.11 bits per heavy atom. The molecule has 0 aliphatic carbocycles. The van der Waals surface area contributed by atoms with Gasteiger partial charge >= 0.3 is 12.0 Å². The lowest BCUT2D eigenvalue weighted by Gasteiger charge is -2.09. The van der Waals surface area contributed by atoms with E-state index in [1.54, 1.807) is 23.5 Å². The van der Waals surface area contributed by atoms with E-state index in [1.807, 2.05) is 24.4 Å². The van der Waals surface area contributed by atoms with E-state index in [0.717, 1.165) is 15.6 Å². The van der Waals surface area contributed by atoms with Gasteiger partial charge in [-0.3, -0.25) is 10.1 Å². The Balaban J connectivity index is 1.89. The number of nitrogens with zero attached hydrogens (tertiary/aromatic N) is 1. The molecule has 142 valence electrons. The van der Waals surface area contributed by atoms with Crippen molar-refractivity contribution in [3.63, 3.8) is 0 Å². The number of aromatic nitrogens is 1. The molecule has 0 atom stereocenters. The van der Waals surface area contributed by atoms with Crippen LogP contribution in [-0.4, -0.2) is 36.0 Å². The largest absolute Gasteiger partial charge is 0.452 e. The minimum Gasteiger partial charge on any atom is -0.452 e. The fraction of sp³-hybridized carbons (Fsp3) is 0.222. The molecule has 27 heavy (non-hydrogen) atoms. The van der Waals surface area contributed by atoms with Crippen LogP contribution in [0.5, 0.6) is 0 Å². The van der Waals surface area contributed by atoms with Crippen molar-refractivity contribution in [3.8, 4) is 0 Å². The van der Waals surface area contributed by atoms with Crippen LogP contribution in [0.2, 0.25) is 0 Å². The summed E-state index contributed by atoms with van der Waals surface area (Å²) >= 11 is 3.07. The maximum Gasteiger partial charge on any atom is 0.338 e. The first-order valence-electron chi connectivity index (χ1n) is 7.98. The van der Waals surface area contributed by atoms with Gasteiger partial charge in [-0.15, -0.1) is 17.9 Å². The quantitative estimate of drug-likeness (QED) is 0.398. The van der Waals surface area contributed by atoms with Gasteiger partial charge in [0, 0.05) is 23.4 Å². The number of amides is 3. The van der Waals surface area contributed by atoms with E-state index in [1.165, 1.54) is 17.8 Å². The zero-order valence-corrected chi connectivity index (χ0v) is 16.3. The van der Waals surface area contributed by atoms with Gasteiger partial charge in [-0.05, 0) is 18.6 Å². The second-order valence-electron chi connectivity index (χ2n) is 5.32. The number of carbonyl (C=O) groups excluding carboxylic acids is 3. The fourth-order valence-electron chi connectivity index (χ4n) is 1.96. The Kier molecular flexibility index (Phi) is 8.02. The summed E-state index contributed by atoms with van der Waals surface area (Å²) in [7, 11) is 0. The smallest absolute Gasteiger partial charge is 0.338 e. The minimum absolute atomic E-state index is 0.225. The van der Waals surface area contributed by atoms with E-state index in [4.69, 9.17) is 4.74 Å². The molecule has 3 amide bonds. The summed E-state index contributed by atoms with van der Waals surface area (Å²) in [4.78, 5) is 39.7. The van der Waals surface area contributed by atoms with Crippen molar-refractivity contribution in [1.82, 2.24) is 15.6 Å². The first-order valence-corrected chi connectivity index (χ1v) is 9.84. The molecule has 2 rings (SSSR count). The number of hydrogen-bond donors (Lipinski definition) is 2. The normalized spacial score (nSPS) is 10.1. The molecular weight excluding hydrogens is 386 g/mol. The third kappa shape index (κ3) is 6.87. The van der Waals surface area contributed by atoms with Crippen molar-refractivity contribution in [3.05, 3.63) is 59.1 Å². The van der Waals surface area contributed by atoms with Gasteiger partial charge in [-0.1, -0.05) is 36.0 Å². The Hall–Kier alpha value is -2.65. The van der Waals surface area contributed by atoms with E-state index in [0.29, 0.717) is 11.3 Å². The van der Waals surface area contributed by atoms with Gasteiger partial charge in [0.1, 0.15) is 4.34 Å². The fourth-order valence-corrected chi connectivity index (χ4v) is 3.82. The molecule has 0 aliphatic heterocycles. The number of urea groups is 1. The molecule has 1 aromatic heterocycles. The molecule has 0 radical (unpaired) electrons. The lowest BCUT2D eigenvalue weighted by atomic mass is 10.1. The number of hydrogen-bond acceptors (Lipinski definition) is 7. The van der Waals surface area contributed by atoms with Gasteiger partial charge in [-0.25, -0.2) is 14.6 Å². The number of rotatable bonds is 8. The van der Waals surface area contributed by atoms with Gasteiger partial charge in [0.25, 0.3) is 5.91 Å². The van der Waals surface area contributed by atoms with Crippen molar-refractivity contribution >= 4 is 41.0 Å². The van der Waals surface area contributed by atoms with Crippen LogP contribution in [0.25, 0.3) is 0 Å². The lowest BCUT2D eigenvalue weighted by Crippen LogP contribution is -2.41. The highest BCUT2D eigenvalue weighted by Gasteiger charge is 2.15. The molecule has 7 nitrogen and oxygen atoms in total. The predicted molar refractivity (Wildman–Crippen MR) is 105 cm³/mol. The van der Waals surface area contributed by atoms with Crippen LogP contribution in [-0.2, 0) is 15.3 Å². The van der Waals surface area contributed by atoms with Crippen LogP contribution in [0.3, 0.4) is 0 Å². The van der Waals surface area contributed by atoms with Crippen molar-refractivity contribution < 1.29 is 19.1 Å². The Labute approximate surface area is 165 Å². The third-order valence-electron chi connectivity index (χ3n) is 3.18. The van der Waals surface area contributed by atoms with E-state index >= 15 is 0 Å². The van der Waals surface area contributed by atoms with Gasteiger partial charge in [-0.2, -0.15) is 0 Å². The molecule has 0 saturated carbocycles. The van der Waals surface area contributed by atoms with Crippen molar-refractivity contribution in [2.75, 3.05) is 13.2 Å². The number of nitrogens with one attached hydrogen (secondary N) is 2. The average molecular weight is 406 g/mol. The average Bonchev–Trinajstić information content (AvgIpc) is 3.08. The Morgan fingerprint density at radius 1 is 1.33 bits per heavy atom. The summed E-state index contributed by atoms with van der Waals surface area (Å²) < 4.78 is 5.94. The molecule has 1 heterocycles. The number of aryl methyl sites for hydroxylation is 1. The molecule has 0 saturated heterocycles. The number of ether oxygens (including phenoxy) is 1. The van der Waals surface area contributed by atoms with Crippen LogP contribution in [0.1, 0.15) is 21.6 Å².